The van der Waals surface area contributed by atoms with Gasteiger partial charge in [0.05, 0.1) is 21.1 Å². The summed E-state index contributed by atoms with van der Waals surface area (Å²) in [5, 5.41) is 4.12. The number of nitrogens with zero attached hydrogens (tertiary/aromatic N) is 1. The molecule has 3 aromatic rings. The Balaban J connectivity index is 1.97. The van der Waals surface area contributed by atoms with Crippen LogP contribution in [0, 0.1) is 0 Å². The minimum atomic E-state index is 0.483. The molecule has 0 saturated heterocycles. The third-order valence-electron chi connectivity index (χ3n) is 2.67. The van der Waals surface area contributed by atoms with E-state index in [-0.39, 0.29) is 0 Å². The van der Waals surface area contributed by atoms with Crippen LogP contribution in [0.2, 0.25) is 10.0 Å². The molecule has 4 N–H and O–H groups in total. The second kappa shape index (κ2) is 4.64. The highest BCUT2D eigenvalue weighted by Gasteiger charge is 2.06. The molecule has 0 unspecified atom stereocenters. The van der Waals surface area contributed by atoms with Crippen molar-refractivity contribution in [1.82, 2.24) is 9.97 Å². The van der Waals surface area contributed by atoms with Crippen LogP contribution in [0.3, 0.4) is 0 Å². The summed E-state index contributed by atoms with van der Waals surface area (Å²) in [6.07, 6.45) is 0. The van der Waals surface area contributed by atoms with E-state index in [4.69, 9.17) is 28.9 Å². The van der Waals surface area contributed by atoms with Crippen molar-refractivity contribution in [2.75, 3.05) is 11.1 Å². The summed E-state index contributed by atoms with van der Waals surface area (Å²) in [7, 11) is 0. The van der Waals surface area contributed by atoms with E-state index >= 15 is 0 Å². The zero-order valence-corrected chi connectivity index (χ0v) is 11.3. The average molecular weight is 293 g/mol. The Morgan fingerprint density at radius 2 is 1.89 bits per heavy atom. The molecule has 3 rings (SSSR count). The largest absolute Gasteiger partial charge is 0.399 e. The molecule has 0 aliphatic carbocycles. The predicted octanol–water partition coefficient (Wildman–Crippen LogP) is 4.20. The van der Waals surface area contributed by atoms with Crippen LogP contribution in [0.4, 0.5) is 17.3 Å². The molecule has 2 aromatic carbocycles. The molecule has 1 heterocycles. The van der Waals surface area contributed by atoms with E-state index in [9.17, 15) is 0 Å². The molecular formula is C13H10Cl2N4. The van der Waals surface area contributed by atoms with E-state index in [1.807, 2.05) is 24.3 Å². The number of nitrogens with one attached hydrogen (secondary N) is 2. The smallest absolute Gasteiger partial charge is 0.205 e. The van der Waals surface area contributed by atoms with Crippen LogP contribution < -0.4 is 11.1 Å². The molecule has 1 aromatic heterocycles. The zero-order valence-electron chi connectivity index (χ0n) is 9.74. The topological polar surface area (TPSA) is 66.7 Å². The summed E-state index contributed by atoms with van der Waals surface area (Å²) >= 11 is 11.9. The highest BCUT2D eigenvalue weighted by molar-refractivity contribution is 6.42. The van der Waals surface area contributed by atoms with Crippen molar-refractivity contribution in [3.63, 3.8) is 0 Å². The van der Waals surface area contributed by atoms with E-state index < -0.39 is 0 Å². The van der Waals surface area contributed by atoms with E-state index in [0.717, 1.165) is 16.7 Å². The summed E-state index contributed by atoms with van der Waals surface area (Å²) in [5.41, 5.74) is 8.84. The van der Waals surface area contributed by atoms with Gasteiger partial charge in [0.1, 0.15) is 0 Å². The first-order valence-electron chi connectivity index (χ1n) is 5.59. The van der Waals surface area contributed by atoms with Gasteiger partial charge in [0.25, 0.3) is 0 Å². The van der Waals surface area contributed by atoms with Crippen molar-refractivity contribution in [3.8, 4) is 0 Å². The minimum absolute atomic E-state index is 0.483. The Kier molecular flexibility index (Phi) is 2.97. The van der Waals surface area contributed by atoms with E-state index in [2.05, 4.69) is 15.3 Å². The second-order valence-corrected chi connectivity index (χ2v) is 4.93. The molecule has 4 nitrogen and oxygen atoms in total. The quantitative estimate of drug-likeness (QED) is 0.620. The number of nitrogen functional groups attached to an aromatic ring is 1. The molecule has 0 radical (unpaired) electrons. The van der Waals surface area contributed by atoms with Gasteiger partial charge in [-0.05, 0) is 30.3 Å². The third kappa shape index (κ3) is 2.45. The van der Waals surface area contributed by atoms with Gasteiger partial charge in [-0.1, -0.05) is 29.3 Å². The normalized spacial score (nSPS) is 10.8. The van der Waals surface area contributed by atoms with Crippen LogP contribution in [0.15, 0.2) is 36.4 Å². The highest BCUT2D eigenvalue weighted by atomic mass is 35.5. The monoisotopic (exact) mass is 292 g/mol. The fraction of sp³-hybridized carbons (Fsp3) is 0. The summed E-state index contributed by atoms with van der Waals surface area (Å²) in [5.74, 6) is 0.610. The Morgan fingerprint density at radius 3 is 2.68 bits per heavy atom. The maximum Gasteiger partial charge on any atom is 0.205 e. The van der Waals surface area contributed by atoms with Crippen molar-refractivity contribution in [1.29, 1.82) is 0 Å². The van der Waals surface area contributed by atoms with Gasteiger partial charge in [0.2, 0.25) is 5.95 Å². The van der Waals surface area contributed by atoms with Gasteiger partial charge in [-0.15, -0.1) is 0 Å². The molecule has 0 atom stereocenters. The van der Waals surface area contributed by atoms with Gasteiger partial charge < -0.3 is 16.0 Å². The summed E-state index contributed by atoms with van der Waals surface area (Å²) in [6.45, 7) is 0. The van der Waals surface area contributed by atoms with Crippen LogP contribution in [0.1, 0.15) is 0 Å². The first-order chi connectivity index (χ1) is 9.11. The number of H-pyrrole nitrogens is 1. The number of rotatable bonds is 2. The van der Waals surface area contributed by atoms with Crippen molar-refractivity contribution in [2.24, 2.45) is 0 Å². The number of anilines is 3. The van der Waals surface area contributed by atoms with Crippen molar-refractivity contribution < 1.29 is 0 Å². The number of fused-ring (bicyclic) bond motifs is 1. The highest BCUT2D eigenvalue weighted by Crippen LogP contribution is 2.28. The van der Waals surface area contributed by atoms with E-state index in [0.29, 0.717) is 21.7 Å². The van der Waals surface area contributed by atoms with E-state index in [1.54, 1.807) is 12.1 Å². The van der Waals surface area contributed by atoms with Gasteiger partial charge >= 0.3 is 0 Å². The lowest BCUT2D eigenvalue weighted by Crippen LogP contribution is -1.93. The molecule has 0 saturated carbocycles. The summed E-state index contributed by atoms with van der Waals surface area (Å²) in [6, 6.07) is 10.9. The number of aromatic nitrogens is 2. The van der Waals surface area contributed by atoms with Gasteiger partial charge in [0, 0.05) is 11.4 Å². The SMILES string of the molecule is Nc1cccc(Nc2nc3cc(Cl)c(Cl)cc3[nH]2)c1. The molecule has 6 heteroatoms. The van der Waals surface area contributed by atoms with Crippen LogP contribution in [-0.2, 0) is 0 Å². The zero-order chi connectivity index (χ0) is 13.4. The first-order valence-corrected chi connectivity index (χ1v) is 6.35. The first kappa shape index (κ1) is 12.1. The third-order valence-corrected chi connectivity index (χ3v) is 3.40. The van der Waals surface area contributed by atoms with Gasteiger partial charge in [-0.2, -0.15) is 0 Å². The van der Waals surface area contributed by atoms with Crippen LogP contribution in [-0.4, -0.2) is 9.97 Å². The molecule has 19 heavy (non-hydrogen) atoms. The number of benzene rings is 2. The molecule has 0 aliphatic heterocycles. The van der Waals surface area contributed by atoms with Crippen LogP contribution in [0.5, 0.6) is 0 Å². The minimum Gasteiger partial charge on any atom is -0.399 e. The summed E-state index contributed by atoms with van der Waals surface area (Å²) in [4.78, 5) is 7.51. The second-order valence-electron chi connectivity index (χ2n) is 4.12. The predicted molar refractivity (Wildman–Crippen MR) is 80.3 cm³/mol. The molecule has 0 aliphatic rings. The van der Waals surface area contributed by atoms with Gasteiger partial charge in [0.15, 0.2) is 0 Å². The Morgan fingerprint density at radius 1 is 1.11 bits per heavy atom. The van der Waals surface area contributed by atoms with Gasteiger partial charge in [-0.25, -0.2) is 4.98 Å². The number of hydrogen-bond acceptors (Lipinski definition) is 3. The summed E-state index contributed by atoms with van der Waals surface area (Å²) < 4.78 is 0. The lowest BCUT2D eigenvalue weighted by Gasteiger charge is -2.02. The standard InChI is InChI=1S/C13H10Cl2N4/c14-9-5-11-12(6-10(9)15)19-13(18-11)17-8-3-1-2-7(16)4-8/h1-6H,16H2,(H2,17,18,19). The Hall–Kier alpha value is -1.91. The fourth-order valence-corrected chi connectivity index (χ4v) is 2.14. The maximum atomic E-state index is 5.96. The Labute approximate surface area is 119 Å². The molecule has 0 bridgehead atoms. The number of imidazole rings is 1. The van der Waals surface area contributed by atoms with Crippen LogP contribution >= 0.6 is 23.2 Å². The Bertz CT molecular complexity index is 712. The van der Waals surface area contributed by atoms with Crippen molar-refractivity contribution >= 4 is 51.6 Å². The van der Waals surface area contributed by atoms with Crippen molar-refractivity contribution in [2.45, 2.75) is 0 Å². The lowest BCUT2D eigenvalue weighted by molar-refractivity contribution is 1.31. The molecular weight excluding hydrogens is 283 g/mol. The molecule has 0 amide bonds. The van der Waals surface area contributed by atoms with E-state index in [1.165, 1.54) is 0 Å². The molecule has 0 spiro atoms. The molecule has 0 fully saturated rings. The fourth-order valence-electron chi connectivity index (χ4n) is 1.82. The van der Waals surface area contributed by atoms with Crippen molar-refractivity contribution in [3.05, 3.63) is 46.4 Å². The number of halogens is 2. The number of nitrogens with two attached hydrogens (primary N) is 1. The average Bonchev–Trinajstić information content (AvgIpc) is 2.71. The lowest BCUT2D eigenvalue weighted by atomic mass is 10.3. The maximum absolute atomic E-state index is 5.96. The molecule has 96 valence electrons. The number of hydrogen-bond donors (Lipinski definition) is 3. The number of aromatic amines is 1. The van der Waals surface area contributed by atoms with Crippen LogP contribution in [0.25, 0.3) is 11.0 Å². The van der Waals surface area contributed by atoms with Gasteiger partial charge in [-0.3, -0.25) is 0 Å².